The number of carbonyl (C=O) groups is 1. The summed E-state index contributed by atoms with van der Waals surface area (Å²) in [4.78, 5) is 16.5. The van der Waals surface area contributed by atoms with E-state index < -0.39 is 24.3 Å². The van der Waals surface area contributed by atoms with Gasteiger partial charge in [0.1, 0.15) is 5.04 Å². The van der Waals surface area contributed by atoms with Gasteiger partial charge in [-0.1, -0.05) is 12.1 Å². The third-order valence-electron chi connectivity index (χ3n) is 2.34. The Morgan fingerprint density at radius 3 is 2.32 bits per heavy atom. The smallest absolute Gasteiger partial charge is 0.479 e. The number of amides is 1. The lowest BCUT2D eigenvalue weighted by Crippen LogP contribution is -2.46. The molecular weight excluding hydrogens is 369 g/mol. The average molecular weight is 391 g/mol. The van der Waals surface area contributed by atoms with Gasteiger partial charge in [0.15, 0.2) is 11.5 Å². The Labute approximate surface area is 145 Å². The van der Waals surface area contributed by atoms with E-state index in [0.29, 0.717) is 11.5 Å². The Kier molecular flexibility index (Phi) is 10.1. The van der Waals surface area contributed by atoms with Crippen LogP contribution in [0.2, 0.25) is 0 Å². The minimum Gasteiger partial charge on any atom is -0.573 e. The van der Waals surface area contributed by atoms with Crippen molar-refractivity contribution < 1.29 is 23.2 Å². The highest BCUT2D eigenvalue weighted by Gasteiger charge is 2.44. The molecule has 0 aromatic rings. The number of rotatable bonds is 8. The summed E-state index contributed by atoms with van der Waals surface area (Å²) < 4.78 is 25.2. The molecule has 0 aromatic heterocycles. The number of nitrogens with zero attached hydrogens (tertiary/aromatic N) is 3. The molecule has 0 radical (unpaired) electrons. The van der Waals surface area contributed by atoms with Gasteiger partial charge in [-0.3, -0.25) is 4.84 Å². The van der Waals surface area contributed by atoms with Crippen molar-refractivity contribution in [1.29, 1.82) is 0 Å². The van der Waals surface area contributed by atoms with Gasteiger partial charge in [-0.2, -0.15) is 0 Å². The molecule has 0 spiro atoms. The Bertz CT molecular complexity index is 444. The van der Waals surface area contributed by atoms with Gasteiger partial charge in [0.25, 0.3) is 0 Å². The highest BCUT2D eigenvalue weighted by Crippen LogP contribution is 2.54. The van der Waals surface area contributed by atoms with Gasteiger partial charge >= 0.3 is 12.7 Å². The predicted molar refractivity (Wildman–Crippen MR) is 94.4 cm³/mol. The van der Waals surface area contributed by atoms with Crippen molar-refractivity contribution in [2.24, 2.45) is 5.16 Å². The molecule has 1 unspecified atom stereocenters. The number of hydrogen-bond donors (Lipinski definition) is 1. The first-order valence-corrected chi connectivity index (χ1v) is 10.4. The molecule has 1 atom stereocenters. The molecule has 0 aliphatic carbocycles. The maximum absolute atomic E-state index is 12.6. The monoisotopic (exact) mass is 391 g/mol. The molecule has 130 valence electrons. The highest BCUT2D eigenvalue weighted by atomic mass is 32.5. The zero-order valence-corrected chi connectivity index (χ0v) is 16.8. The van der Waals surface area contributed by atoms with Crippen LogP contribution < -0.4 is 0 Å². The van der Waals surface area contributed by atoms with Crippen LogP contribution in [-0.2, 0) is 37.2 Å². The van der Waals surface area contributed by atoms with Gasteiger partial charge in [0.05, 0.1) is 13.1 Å². The Hall–Kier alpha value is 0.130. The van der Waals surface area contributed by atoms with Crippen molar-refractivity contribution in [2.45, 2.75) is 33.2 Å². The van der Waals surface area contributed by atoms with Crippen LogP contribution in [0.4, 0.5) is 4.79 Å². The second-order valence-electron chi connectivity index (χ2n) is 4.18. The molecule has 0 saturated heterocycles. The molecule has 8 nitrogen and oxygen atoms in total. The van der Waals surface area contributed by atoms with Gasteiger partial charge in [-0.15, -0.1) is 16.9 Å². The lowest BCUT2D eigenvalue weighted by atomic mass is 10.4. The first-order chi connectivity index (χ1) is 10.1. The Balaban J connectivity index is 5.20. The first kappa shape index (κ1) is 22.1. The van der Waals surface area contributed by atoms with Crippen molar-refractivity contribution >= 4 is 53.8 Å². The predicted octanol–water partition coefficient (Wildman–Crippen LogP) is 2.51. The molecule has 1 amide bonds. The molecule has 0 N–H and O–H groups in total. The number of thiol groups is 1. The normalized spacial score (nSPS) is 14.4. The quantitative estimate of drug-likeness (QED) is 0.129. The van der Waals surface area contributed by atoms with Crippen molar-refractivity contribution in [2.75, 3.05) is 21.3 Å². The van der Waals surface area contributed by atoms with E-state index in [1.807, 2.05) is 0 Å². The summed E-state index contributed by atoms with van der Waals surface area (Å²) in [5.41, 5.74) is 0. The summed E-state index contributed by atoms with van der Waals surface area (Å²) in [7, 11) is 4.04. The van der Waals surface area contributed by atoms with E-state index >= 15 is 0 Å². The molecule has 0 aliphatic heterocycles. The first-order valence-electron chi connectivity index (χ1n) is 6.28. The molecule has 0 heterocycles. The van der Waals surface area contributed by atoms with Gasteiger partial charge in [0.2, 0.25) is 0 Å². The average Bonchev–Trinajstić information content (AvgIpc) is 2.50. The molecule has 0 bridgehead atoms. The van der Waals surface area contributed by atoms with E-state index in [4.69, 9.17) is 20.9 Å². The van der Waals surface area contributed by atoms with Gasteiger partial charge in [-0.25, -0.2) is 4.79 Å². The minimum atomic E-state index is -2.97. The summed E-state index contributed by atoms with van der Waals surface area (Å²) in [5.74, 6) is 0. The summed E-state index contributed by atoms with van der Waals surface area (Å²) in [6.07, 6.45) is -0.395. The van der Waals surface area contributed by atoms with Crippen LogP contribution in [0.1, 0.15) is 27.2 Å². The Morgan fingerprint density at radius 1 is 1.45 bits per heavy atom. The molecule has 22 heavy (non-hydrogen) atoms. The summed E-state index contributed by atoms with van der Waals surface area (Å²) in [6.45, 7) is 2.35. The van der Waals surface area contributed by atoms with Crippen molar-refractivity contribution in [3.05, 3.63) is 0 Å². The van der Waals surface area contributed by atoms with Crippen LogP contribution in [-0.4, -0.2) is 51.4 Å². The molecule has 0 fully saturated rings. The summed E-state index contributed by atoms with van der Waals surface area (Å²) in [6, 6.07) is -0.290. The van der Waals surface area contributed by atoms with Gasteiger partial charge < -0.3 is 13.6 Å². The summed E-state index contributed by atoms with van der Waals surface area (Å²) in [5, 5.41) is 3.85. The number of carbonyl (C=O) groups excluding carboxylic acids is 1. The molecule has 0 saturated carbocycles. The van der Waals surface area contributed by atoms with E-state index in [1.165, 1.54) is 25.3 Å². The van der Waals surface area contributed by atoms with Crippen LogP contribution in [0.3, 0.4) is 0 Å². The lowest BCUT2D eigenvalue weighted by Gasteiger charge is -2.34. The van der Waals surface area contributed by atoms with Crippen LogP contribution >= 0.6 is 19.3 Å². The zero-order chi connectivity index (χ0) is 17.5. The third-order valence-corrected chi connectivity index (χ3v) is 8.76. The topological polar surface area (TPSA) is 86.7 Å². The van der Waals surface area contributed by atoms with Crippen molar-refractivity contribution in [1.82, 2.24) is 8.38 Å². The Morgan fingerprint density at radius 2 is 1.95 bits per heavy atom. The fraction of sp³-hybridized carbons (Fsp3) is 0.800. The van der Waals surface area contributed by atoms with Crippen molar-refractivity contribution in [3.8, 4) is 0 Å². The fourth-order valence-electron chi connectivity index (χ4n) is 1.19. The third kappa shape index (κ3) is 5.97. The van der Waals surface area contributed by atoms with Crippen LogP contribution in [0.5, 0.6) is 0 Å². The summed E-state index contributed by atoms with van der Waals surface area (Å²) >= 11 is 7.33. The molecule has 0 aliphatic rings. The van der Waals surface area contributed by atoms with E-state index in [9.17, 15) is 9.35 Å². The minimum absolute atomic E-state index is 0.290. The largest absolute Gasteiger partial charge is 0.573 e. The molecule has 0 aromatic carbocycles. The van der Waals surface area contributed by atoms with E-state index in [1.54, 1.807) is 20.8 Å². The number of oxime groups is 1. The highest BCUT2D eigenvalue weighted by molar-refractivity contribution is 8.13. The van der Waals surface area contributed by atoms with E-state index in [-0.39, 0.29) is 6.04 Å². The van der Waals surface area contributed by atoms with Crippen LogP contribution in [0.25, 0.3) is 0 Å². The van der Waals surface area contributed by atoms with Gasteiger partial charge in [-0.05, 0) is 36.2 Å². The standard InChI is InChI=1S/C10H22N3O5PS3/c1-7-9(20)11-18-10(14)12(4)22(15)13(8(2)3)19(21,16-5)17-6/h8H,7H2,1-6H3,(H,11,20). The molecule has 0 rings (SSSR count). The van der Waals surface area contributed by atoms with E-state index in [2.05, 4.69) is 22.6 Å². The maximum Gasteiger partial charge on any atom is 0.479 e. The SMILES string of the molecule is CC/C(S)=N\OC(=O)N(C)[S+]([O-])N(C(C)C)P(=S)(OC)OC. The van der Waals surface area contributed by atoms with Crippen LogP contribution in [0.15, 0.2) is 5.16 Å². The molecular formula is C10H22N3O5PS3. The van der Waals surface area contributed by atoms with E-state index in [0.717, 1.165) is 4.31 Å². The maximum atomic E-state index is 12.6. The van der Waals surface area contributed by atoms with Crippen molar-refractivity contribution in [3.63, 3.8) is 0 Å². The second-order valence-corrected chi connectivity index (χ2v) is 9.85. The van der Waals surface area contributed by atoms with Gasteiger partial charge in [0, 0.05) is 14.2 Å². The van der Waals surface area contributed by atoms with Crippen LogP contribution in [0, 0.1) is 0 Å². The zero-order valence-electron chi connectivity index (χ0n) is 13.4. The lowest BCUT2D eigenvalue weighted by molar-refractivity contribution is 0.133. The molecule has 12 heteroatoms. The fourth-order valence-corrected chi connectivity index (χ4v) is 5.53. The number of hydrogen-bond acceptors (Lipinski definition) is 7. The second kappa shape index (κ2) is 10.1.